The van der Waals surface area contributed by atoms with Crippen molar-refractivity contribution in [3.63, 3.8) is 0 Å². The number of hydrogen-bond acceptors (Lipinski definition) is 13. The summed E-state index contributed by atoms with van der Waals surface area (Å²) in [6.45, 7) is 2.82. The summed E-state index contributed by atoms with van der Waals surface area (Å²) in [7, 11) is 0. The van der Waals surface area contributed by atoms with E-state index in [1.165, 1.54) is 289 Å². The molecule has 0 aromatic rings. The lowest BCUT2D eigenvalue weighted by atomic mass is 9.97. The molecular weight excluding hydrogens is 1220 g/mol. The Morgan fingerprint density at radius 2 is 0.691 bits per heavy atom. The van der Waals surface area contributed by atoms with E-state index in [1.807, 2.05) is 6.08 Å². The van der Waals surface area contributed by atoms with Crippen molar-refractivity contribution in [3.05, 3.63) is 60.8 Å². The summed E-state index contributed by atoms with van der Waals surface area (Å²) in [6, 6.07) is -0.933. The van der Waals surface area contributed by atoms with Crippen LogP contribution in [0.2, 0.25) is 0 Å². The lowest BCUT2D eigenvalue weighted by Gasteiger charge is -2.46. The molecule has 568 valence electrons. The van der Waals surface area contributed by atoms with Gasteiger partial charge >= 0.3 is 0 Å². The lowest BCUT2D eigenvalue weighted by Crippen LogP contribution is -2.65. The smallest absolute Gasteiger partial charge is 0.220 e. The van der Waals surface area contributed by atoms with Crippen molar-refractivity contribution < 1.29 is 64.6 Å². The van der Waals surface area contributed by atoms with Crippen molar-refractivity contribution in [2.45, 2.75) is 441 Å². The highest BCUT2D eigenvalue weighted by Crippen LogP contribution is 2.30. The molecule has 0 aliphatic carbocycles. The van der Waals surface area contributed by atoms with Crippen LogP contribution in [-0.4, -0.2) is 140 Å². The van der Waals surface area contributed by atoms with Gasteiger partial charge in [-0.1, -0.05) is 351 Å². The zero-order valence-corrected chi connectivity index (χ0v) is 62.3. The Morgan fingerprint density at radius 1 is 0.371 bits per heavy atom. The Morgan fingerprint density at radius 3 is 1.08 bits per heavy atom. The van der Waals surface area contributed by atoms with Gasteiger partial charge in [0.25, 0.3) is 0 Å². The van der Waals surface area contributed by atoms with Crippen molar-refractivity contribution >= 4 is 5.91 Å². The van der Waals surface area contributed by atoms with Crippen molar-refractivity contribution in [3.8, 4) is 0 Å². The number of aliphatic hydroxyl groups is 8. The third-order valence-corrected chi connectivity index (χ3v) is 19.9. The minimum absolute atomic E-state index is 0.242. The van der Waals surface area contributed by atoms with Gasteiger partial charge in [0.15, 0.2) is 12.6 Å². The summed E-state index contributed by atoms with van der Waals surface area (Å²) in [5.41, 5.74) is 0. The quantitative estimate of drug-likeness (QED) is 0.0204. The molecule has 0 aromatic carbocycles. The number of amides is 1. The second kappa shape index (κ2) is 66.9. The molecule has 1 amide bonds. The second-order valence-corrected chi connectivity index (χ2v) is 28.9. The highest BCUT2D eigenvalue weighted by atomic mass is 16.7. The van der Waals surface area contributed by atoms with E-state index in [4.69, 9.17) is 18.9 Å². The van der Waals surface area contributed by atoms with E-state index < -0.39 is 86.8 Å². The van der Waals surface area contributed by atoms with E-state index in [2.05, 4.69) is 67.8 Å². The van der Waals surface area contributed by atoms with Gasteiger partial charge in [-0.05, 0) is 70.6 Å². The number of allylic oxidation sites excluding steroid dienone is 9. The number of aliphatic hydroxyl groups excluding tert-OH is 8. The maximum atomic E-state index is 13.4. The molecule has 97 heavy (non-hydrogen) atoms. The summed E-state index contributed by atoms with van der Waals surface area (Å²) in [5.74, 6) is -0.242. The number of nitrogens with one attached hydrogen (secondary N) is 1. The van der Waals surface area contributed by atoms with Crippen LogP contribution in [0.3, 0.4) is 0 Å². The Balaban J connectivity index is 1.57. The van der Waals surface area contributed by atoms with E-state index in [0.29, 0.717) is 12.8 Å². The van der Waals surface area contributed by atoms with Gasteiger partial charge in [-0.3, -0.25) is 4.79 Å². The van der Waals surface area contributed by atoms with Crippen LogP contribution in [-0.2, 0) is 23.7 Å². The van der Waals surface area contributed by atoms with E-state index in [-0.39, 0.29) is 18.9 Å². The summed E-state index contributed by atoms with van der Waals surface area (Å²) in [4.78, 5) is 13.4. The molecule has 12 atom stereocenters. The van der Waals surface area contributed by atoms with Crippen LogP contribution < -0.4 is 5.32 Å². The van der Waals surface area contributed by atoms with Crippen LogP contribution in [0.5, 0.6) is 0 Å². The minimum Gasteiger partial charge on any atom is -0.394 e. The van der Waals surface area contributed by atoms with Crippen LogP contribution in [0.25, 0.3) is 0 Å². The minimum atomic E-state index is -1.79. The molecule has 0 spiro atoms. The first kappa shape index (κ1) is 90.8. The fraction of sp³-hybridized carbons (Fsp3) is 0.867. The third-order valence-electron chi connectivity index (χ3n) is 19.9. The van der Waals surface area contributed by atoms with E-state index in [1.54, 1.807) is 6.08 Å². The number of rotatable bonds is 69. The Bertz CT molecular complexity index is 1860. The van der Waals surface area contributed by atoms with E-state index in [0.717, 1.165) is 44.9 Å². The topological polar surface area (TPSA) is 228 Å². The molecule has 14 nitrogen and oxygen atoms in total. The fourth-order valence-electron chi connectivity index (χ4n) is 13.4. The van der Waals surface area contributed by atoms with Crippen LogP contribution in [0.15, 0.2) is 60.8 Å². The van der Waals surface area contributed by atoms with E-state index >= 15 is 0 Å². The average molecular weight is 1370 g/mol. The molecular formula is C83H153NO13. The lowest BCUT2D eigenvalue weighted by molar-refractivity contribution is -0.359. The molecule has 0 bridgehead atoms. The van der Waals surface area contributed by atoms with Crippen LogP contribution in [0.4, 0.5) is 0 Å². The van der Waals surface area contributed by atoms with E-state index in [9.17, 15) is 45.6 Å². The second-order valence-electron chi connectivity index (χ2n) is 28.9. The fourth-order valence-corrected chi connectivity index (χ4v) is 13.4. The average Bonchev–Trinajstić information content (AvgIpc) is 0.794. The van der Waals surface area contributed by atoms with Crippen molar-refractivity contribution in [2.75, 3.05) is 19.8 Å². The van der Waals surface area contributed by atoms with Crippen LogP contribution in [0, 0.1) is 0 Å². The molecule has 9 N–H and O–H groups in total. The third kappa shape index (κ3) is 49.9. The number of carbonyl (C=O) groups is 1. The van der Waals surface area contributed by atoms with Crippen molar-refractivity contribution in [2.24, 2.45) is 0 Å². The summed E-state index contributed by atoms with van der Waals surface area (Å²) in [6.07, 6.45) is 74.7. The molecule has 0 saturated carbocycles. The first-order chi connectivity index (χ1) is 47.6. The molecule has 2 heterocycles. The maximum Gasteiger partial charge on any atom is 0.220 e. The highest BCUT2D eigenvalue weighted by Gasteiger charge is 2.51. The molecule has 14 heteroatoms. The van der Waals surface area contributed by atoms with Gasteiger partial charge in [0.05, 0.1) is 32.0 Å². The zero-order chi connectivity index (χ0) is 70.1. The van der Waals surface area contributed by atoms with Gasteiger partial charge in [-0.2, -0.15) is 0 Å². The van der Waals surface area contributed by atoms with Gasteiger partial charge < -0.3 is 65.1 Å². The largest absolute Gasteiger partial charge is 0.394 e. The summed E-state index contributed by atoms with van der Waals surface area (Å²) in [5, 5.41) is 87.6. The summed E-state index contributed by atoms with van der Waals surface area (Å²) >= 11 is 0. The Hall–Kier alpha value is -2.31. The number of carbonyl (C=O) groups excluding carboxylic acids is 1. The van der Waals surface area contributed by atoms with Gasteiger partial charge in [0.1, 0.15) is 48.8 Å². The number of hydrogen-bond donors (Lipinski definition) is 9. The van der Waals surface area contributed by atoms with Gasteiger partial charge in [-0.25, -0.2) is 0 Å². The monoisotopic (exact) mass is 1370 g/mol. The molecule has 0 aromatic heterocycles. The predicted molar refractivity (Wildman–Crippen MR) is 401 cm³/mol. The SMILES string of the molecule is CCCCCCC/C=C\C/C=C\C/C=C\CCCCCCCCCCCCCCCCCCCCCCCCCCCCC(=O)NC(COC1OC(CO)C(OC2OC(CO)C(O)C(O)C2O)C(O)C1O)C(O)/C=C/CC/C=C/CCCCCCCCCCCCCCCCCC. The van der Waals surface area contributed by atoms with Crippen molar-refractivity contribution in [1.29, 1.82) is 0 Å². The standard InChI is InChI=1S/C83H153NO13/c1-3-5-7-9-11-13-15-17-19-21-23-25-27-28-29-30-31-32-33-34-35-36-37-38-39-40-41-42-43-44-45-47-49-51-53-55-57-59-61-63-65-67-75(88)84-71(70-94-82-80(93)78(91)81(74(69-86)96-82)97-83-79(92)77(90)76(89)73(68-85)95-83)72(87)66-64-62-60-58-56-54-52-50-48-46-26-24-22-20-18-16-14-12-10-8-6-4-2/h15,17,21,23,27-28,56,58,64,66,71-74,76-83,85-87,89-93H,3-14,16,18-20,22,24-26,29-55,57,59-63,65,67-70H2,1-2H3,(H,84,88)/b17-15-,23-21-,28-27-,58-56+,66-64+. The molecule has 2 aliphatic heterocycles. The Labute approximate surface area is 594 Å². The molecule has 0 radical (unpaired) electrons. The highest BCUT2D eigenvalue weighted by molar-refractivity contribution is 5.76. The van der Waals surface area contributed by atoms with Gasteiger partial charge in [0.2, 0.25) is 5.91 Å². The summed E-state index contributed by atoms with van der Waals surface area (Å²) < 4.78 is 22.9. The number of unbranched alkanes of at least 4 members (excludes halogenated alkanes) is 48. The van der Waals surface area contributed by atoms with Crippen molar-refractivity contribution in [1.82, 2.24) is 5.32 Å². The molecule has 2 saturated heterocycles. The van der Waals surface area contributed by atoms with Gasteiger partial charge in [-0.15, -0.1) is 0 Å². The zero-order valence-electron chi connectivity index (χ0n) is 62.3. The molecule has 2 fully saturated rings. The predicted octanol–water partition coefficient (Wildman–Crippen LogP) is 18.7. The Kier molecular flexibility index (Phi) is 62.6. The molecule has 2 aliphatic rings. The molecule has 12 unspecified atom stereocenters. The first-order valence-corrected chi connectivity index (χ1v) is 41.0. The van der Waals surface area contributed by atoms with Crippen LogP contribution >= 0.6 is 0 Å². The molecule has 2 rings (SSSR count). The number of ether oxygens (including phenoxy) is 4. The van der Waals surface area contributed by atoms with Crippen LogP contribution in [0.1, 0.15) is 367 Å². The first-order valence-electron chi connectivity index (χ1n) is 41.0. The normalized spacial score (nSPS) is 22.4. The van der Waals surface area contributed by atoms with Gasteiger partial charge in [0, 0.05) is 6.42 Å². The maximum absolute atomic E-state index is 13.4.